The van der Waals surface area contributed by atoms with Crippen LogP contribution in [0.1, 0.15) is 5.82 Å². The summed E-state index contributed by atoms with van der Waals surface area (Å²) in [6, 6.07) is 2.39. The summed E-state index contributed by atoms with van der Waals surface area (Å²) in [6.45, 7) is 0.0172. The van der Waals surface area contributed by atoms with Crippen LogP contribution in [0.4, 0.5) is 8.78 Å². The van der Waals surface area contributed by atoms with Gasteiger partial charge in [0.15, 0.2) is 17.4 Å². The van der Waals surface area contributed by atoms with Crippen LogP contribution in [0, 0.1) is 11.6 Å². The maximum absolute atomic E-state index is 13.3. The van der Waals surface area contributed by atoms with E-state index in [2.05, 4.69) is 26.1 Å². The molecule has 0 atom stereocenters. The lowest BCUT2D eigenvalue weighted by Gasteiger charge is -2.07. The van der Waals surface area contributed by atoms with Crippen molar-refractivity contribution in [3.05, 3.63) is 40.4 Å². The van der Waals surface area contributed by atoms with Crippen molar-refractivity contribution in [3.63, 3.8) is 0 Å². The molecule has 0 saturated heterocycles. The standard InChI is InChI=1S/C10H8BrF2N3O/c1-16-5-14-15-9(16)4-17-8-3-6(11)2-7(12)10(8)13/h2-3,5H,4H2,1H3. The van der Waals surface area contributed by atoms with E-state index in [1.54, 1.807) is 11.6 Å². The van der Waals surface area contributed by atoms with Gasteiger partial charge in [0.25, 0.3) is 0 Å². The molecule has 1 heterocycles. The van der Waals surface area contributed by atoms with Crippen LogP contribution in [0.3, 0.4) is 0 Å². The van der Waals surface area contributed by atoms with Gasteiger partial charge in [-0.2, -0.15) is 4.39 Å². The normalized spacial score (nSPS) is 10.6. The first kappa shape index (κ1) is 12.0. The van der Waals surface area contributed by atoms with Gasteiger partial charge in [-0.15, -0.1) is 10.2 Å². The van der Waals surface area contributed by atoms with E-state index in [1.807, 2.05) is 0 Å². The molecule has 0 amide bonds. The van der Waals surface area contributed by atoms with Gasteiger partial charge in [-0.3, -0.25) is 0 Å². The lowest BCUT2D eigenvalue weighted by atomic mass is 10.3. The Hall–Kier alpha value is -1.50. The topological polar surface area (TPSA) is 39.9 Å². The molecule has 0 aliphatic carbocycles. The minimum atomic E-state index is -1.02. The van der Waals surface area contributed by atoms with Gasteiger partial charge in [0.1, 0.15) is 12.9 Å². The zero-order valence-electron chi connectivity index (χ0n) is 8.82. The van der Waals surface area contributed by atoms with Crippen LogP contribution in [0.2, 0.25) is 0 Å². The third-order valence-electron chi connectivity index (χ3n) is 2.12. The van der Waals surface area contributed by atoms with Crippen molar-refractivity contribution < 1.29 is 13.5 Å². The molecule has 0 unspecified atom stereocenters. The van der Waals surface area contributed by atoms with Gasteiger partial charge in [0.05, 0.1) is 0 Å². The van der Waals surface area contributed by atoms with Crippen LogP contribution >= 0.6 is 15.9 Å². The zero-order chi connectivity index (χ0) is 12.4. The summed E-state index contributed by atoms with van der Waals surface area (Å²) >= 11 is 3.06. The van der Waals surface area contributed by atoms with Crippen molar-refractivity contribution in [2.24, 2.45) is 7.05 Å². The van der Waals surface area contributed by atoms with Crippen molar-refractivity contribution in [1.82, 2.24) is 14.8 Å². The van der Waals surface area contributed by atoms with Crippen molar-refractivity contribution in [3.8, 4) is 5.75 Å². The van der Waals surface area contributed by atoms with Gasteiger partial charge in [0, 0.05) is 11.5 Å². The Morgan fingerprint density at radius 2 is 2.18 bits per heavy atom. The molecule has 90 valence electrons. The summed E-state index contributed by atoms with van der Waals surface area (Å²) < 4.78 is 33.6. The summed E-state index contributed by atoms with van der Waals surface area (Å²) in [6.07, 6.45) is 1.50. The molecule has 17 heavy (non-hydrogen) atoms. The van der Waals surface area contributed by atoms with Gasteiger partial charge in [0.2, 0.25) is 5.82 Å². The second-order valence-electron chi connectivity index (χ2n) is 3.35. The van der Waals surface area contributed by atoms with E-state index < -0.39 is 11.6 Å². The zero-order valence-corrected chi connectivity index (χ0v) is 10.4. The second kappa shape index (κ2) is 4.79. The lowest BCUT2D eigenvalue weighted by Crippen LogP contribution is -2.04. The fourth-order valence-electron chi connectivity index (χ4n) is 1.22. The van der Waals surface area contributed by atoms with Crippen LogP contribution in [0.25, 0.3) is 0 Å². The molecule has 0 aliphatic rings. The van der Waals surface area contributed by atoms with E-state index in [-0.39, 0.29) is 12.4 Å². The maximum Gasteiger partial charge on any atom is 0.200 e. The maximum atomic E-state index is 13.3. The first-order valence-corrected chi connectivity index (χ1v) is 5.47. The Balaban J connectivity index is 2.17. The van der Waals surface area contributed by atoms with Crippen LogP contribution in [0.15, 0.2) is 22.9 Å². The molecule has 2 rings (SSSR count). The van der Waals surface area contributed by atoms with Gasteiger partial charge in [-0.25, -0.2) is 4.39 Å². The predicted octanol–water partition coefficient (Wildman–Crippen LogP) is 2.43. The first-order chi connectivity index (χ1) is 8.08. The SMILES string of the molecule is Cn1cnnc1COc1cc(Br)cc(F)c1F. The monoisotopic (exact) mass is 303 g/mol. The lowest BCUT2D eigenvalue weighted by molar-refractivity contribution is 0.272. The molecule has 2 aromatic rings. The molecule has 0 N–H and O–H groups in total. The van der Waals surface area contributed by atoms with E-state index >= 15 is 0 Å². The smallest absolute Gasteiger partial charge is 0.200 e. The van der Waals surface area contributed by atoms with E-state index in [0.29, 0.717) is 10.3 Å². The molecule has 0 bridgehead atoms. The average molecular weight is 304 g/mol. The molecule has 0 aliphatic heterocycles. The molecule has 4 nitrogen and oxygen atoms in total. The number of aromatic nitrogens is 3. The van der Waals surface area contributed by atoms with E-state index in [0.717, 1.165) is 6.07 Å². The highest BCUT2D eigenvalue weighted by Gasteiger charge is 2.12. The summed E-state index contributed by atoms with van der Waals surface area (Å²) in [5.74, 6) is -1.63. The van der Waals surface area contributed by atoms with Crippen LogP contribution < -0.4 is 4.74 Å². The Kier molecular flexibility index (Phi) is 3.37. The van der Waals surface area contributed by atoms with Crippen LogP contribution in [-0.4, -0.2) is 14.8 Å². The number of ether oxygens (including phenoxy) is 1. The highest BCUT2D eigenvalue weighted by atomic mass is 79.9. The second-order valence-corrected chi connectivity index (χ2v) is 4.26. The van der Waals surface area contributed by atoms with Gasteiger partial charge < -0.3 is 9.30 Å². The first-order valence-electron chi connectivity index (χ1n) is 4.68. The number of rotatable bonds is 3. The van der Waals surface area contributed by atoms with Crippen molar-refractivity contribution in [2.75, 3.05) is 0 Å². The van der Waals surface area contributed by atoms with Gasteiger partial charge >= 0.3 is 0 Å². The third-order valence-corrected chi connectivity index (χ3v) is 2.58. The number of hydrogen-bond donors (Lipinski definition) is 0. The molecule has 0 spiro atoms. The number of nitrogens with zero attached hydrogens (tertiary/aromatic N) is 3. The highest BCUT2D eigenvalue weighted by molar-refractivity contribution is 9.10. The molecule has 0 saturated carbocycles. The Morgan fingerprint density at radius 3 is 2.82 bits per heavy atom. The third kappa shape index (κ3) is 2.60. The Bertz CT molecular complexity index is 544. The van der Waals surface area contributed by atoms with Crippen LogP contribution in [0.5, 0.6) is 5.75 Å². The molecular weight excluding hydrogens is 296 g/mol. The summed E-state index contributed by atoms with van der Waals surface area (Å²) in [5.41, 5.74) is 0. The fraction of sp³-hybridized carbons (Fsp3) is 0.200. The molecular formula is C10H8BrF2N3O. The van der Waals surface area contributed by atoms with Gasteiger partial charge in [-0.1, -0.05) is 15.9 Å². The van der Waals surface area contributed by atoms with Crippen molar-refractivity contribution in [2.45, 2.75) is 6.61 Å². The number of halogens is 3. The summed E-state index contributed by atoms with van der Waals surface area (Å²) in [5, 5.41) is 7.41. The van der Waals surface area contributed by atoms with Crippen molar-refractivity contribution in [1.29, 1.82) is 0 Å². The van der Waals surface area contributed by atoms with E-state index in [9.17, 15) is 8.78 Å². The predicted molar refractivity (Wildman–Crippen MR) is 59.4 cm³/mol. The quantitative estimate of drug-likeness (QED) is 0.818. The van der Waals surface area contributed by atoms with Gasteiger partial charge in [-0.05, 0) is 12.1 Å². The number of benzene rings is 1. The van der Waals surface area contributed by atoms with Crippen LogP contribution in [-0.2, 0) is 13.7 Å². The molecule has 1 aromatic carbocycles. The Labute approximate surface area is 104 Å². The largest absolute Gasteiger partial charge is 0.482 e. The molecule has 1 aromatic heterocycles. The highest BCUT2D eigenvalue weighted by Crippen LogP contribution is 2.25. The molecule has 7 heteroatoms. The van der Waals surface area contributed by atoms with E-state index in [4.69, 9.17) is 4.74 Å². The van der Waals surface area contributed by atoms with Crippen molar-refractivity contribution >= 4 is 15.9 Å². The fourth-order valence-corrected chi connectivity index (χ4v) is 1.63. The summed E-state index contributed by atoms with van der Waals surface area (Å²) in [4.78, 5) is 0. The minimum absolute atomic E-state index is 0.0172. The van der Waals surface area contributed by atoms with E-state index in [1.165, 1.54) is 12.4 Å². The number of aryl methyl sites for hydroxylation is 1. The molecule has 0 fully saturated rings. The summed E-state index contributed by atoms with van der Waals surface area (Å²) in [7, 11) is 1.73. The average Bonchev–Trinajstić information content (AvgIpc) is 2.67. The molecule has 0 radical (unpaired) electrons. The number of hydrogen-bond acceptors (Lipinski definition) is 3. The minimum Gasteiger partial charge on any atom is -0.482 e. The Morgan fingerprint density at radius 1 is 1.41 bits per heavy atom.